The van der Waals surface area contributed by atoms with E-state index in [9.17, 15) is 4.79 Å². The van der Waals surface area contributed by atoms with Gasteiger partial charge >= 0.3 is 0 Å². The highest BCUT2D eigenvalue weighted by Gasteiger charge is 2.32. The van der Waals surface area contributed by atoms with E-state index in [1.165, 1.54) is 6.42 Å². The second kappa shape index (κ2) is 2.90. The van der Waals surface area contributed by atoms with Gasteiger partial charge in [-0.25, -0.2) is 0 Å². The van der Waals surface area contributed by atoms with Crippen molar-refractivity contribution in [1.29, 1.82) is 0 Å². The second-order valence-electron chi connectivity index (χ2n) is 3.36. The minimum absolute atomic E-state index is 0.0387. The van der Waals surface area contributed by atoms with Crippen LogP contribution in [0, 0.1) is 0 Å². The van der Waals surface area contributed by atoms with Crippen molar-refractivity contribution >= 4 is 5.91 Å². The molecule has 0 radical (unpaired) electrons. The van der Waals surface area contributed by atoms with E-state index >= 15 is 0 Å². The first-order chi connectivity index (χ1) is 5.79. The molecule has 12 heavy (non-hydrogen) atoms. The SMILES string of the molecule is C=C1COC2CCCCN2C1=O. The van der Waals surface area contributed by atoms with Gasteiger partial charge in [0.05, 0.1) is 6.61 Å². The highest BCUT2D eigenvalue weighted by molar-refractivity contribution is 5.93. The van der Waals surface area contributed by atoms with Gasteiger partial charge in [0, 0.05) is 12.1 Å². The van der Waals surface area contributed by atoms with Gasteiger partial charge < -0.3 is 9.64 Å². The van der Waals surface area contributed by atoms with E-state index in [2.05, 4.69) is 6.58 Å². The fourth-order valence-electron chi connectivity index (χ4n) is 1.77. The molecule has 1 atom stereocenters. The third-order valence-corrected chi connectivity index (χ3v) is 2.46. The zero-order valence-electron chi connectivity index (χ0n) is 7.08. The molecular formula is C9H13NO2. The molecule has 66 valence electrons. The smallest absolute Gasteiger partial charge is 0.253 e. The Morgan fingerprint density at radius 2 is 2.33 bits per heavy atom. The van der Waals surface area contributed by atoms with Crippen LogP contribution in [0.5, 0.6) is 0 Å². The maximum Gasteiger partial charge on any atom is 0.253 e. The molecule has 0 spiro atoms. The molecule has 2 heterocycles. The van der Waals surface area contributed by atoms with E-state index in [-0.39, 0.29) is 12.1 Å². The highest BCUT2D eigenvalue weighted by Crippen LogP contribution is 2.23. The van der Waals surface area contributed by atoms with Crippen LogP contribution in [0.2, 0.25) is 0 Å². The average Bonchev–Trinajstić information content (AvgIpc) is 2.12. The molecule has 1 unspecified atom stereocenters. The van der Waals surface area contributed by atoms with Crippen LogP contribution < -0.4 is 0 Å². The van der Waals surface area contributed by atoms with Gasteiger partial charge in [-0.05, 0) is 19.3 Å². The van der Waals surface area contributed by atoms with Crippen molar-refractivity contribution in [3.63, 3.8) is 0 Å². The first kappa shape index (κ1) is 7.80. The number of hydrogen-bond acceptors (Lipinski definition) is 2. The standard InChI is InChI=1S/C9H13NO2/c1-7-6-12-8-4-2-3-5-10(8)9(7)11/h8H,1-6H2. The monoisotopic (exact) mass is 167 g/mol. The Hall–Kier alpha value is -0.830. The van der Waals surface area contributed by atoms with Crippen LogP contribution in [0.25, 0.3) is 0 Å². The van der Waals surface area contributed by atoms with Crippen molar-refractivity contribution in [1.82, 2.24) is 4.90 Å². The van der Waals surface area contributed by atoms with E-state index in [1.54, 1.807) is 4.90 Å². The molecule has 0 saturated carbocycles. The summed E-state index contributed by atoms with van der Waals surface area (Å²) in [5, 5.41) is 0. The molecule has 2 aliphatic heterocycles. The molecule has 0 aromatic heterocycles. The normalized spacial score (nSPS) is 30.3. The van der Waals surface area contributed by atoms with Crippen molar-refractivity contribution in [2.45, 2.75) is 25.5 Å². The molecule has 3 nitrogen and oxygen atoms in total. The van der Waals surface area contributed by atoms with Crippen LogP contribution >= 0.6 is 0 Å². The zero-order chi connectivity index (χ0) is 8.55. The van der Waals surface area contributed by atoms with Crippen LogP contribution in [-0.4, -0.2) is 30.2 Å². The quantitative estimate of drug-likeness (QED) is 0.502. The van der Waals surface area contributed by atoms with Crippen molar-refractivity contribution < 1.29 is 9.53 Å². The average molecular weight is 167 g/mol. The van der Waals surface area contributed by atoms with Gasteiger partial charge in [0.2, 0.25) is 0 Å². The molecule has 0 aromatic rings. The Kier molecular flexibility index (Phi) is 1.89. The Labute approximate surface area is 72.0 Å². The van der Waals surface area contributed by atoms with E-state index in [0.717, 1.165) is 19.4 Å². The number of piperidine rings is 1. The predicted octanol–water partition coefficient (Wildman–Crippen LogP) is 0.911. The lowest BCUT2D eigenvalue weighted by atomic mass is 10.1. The molecule has 0 aliphatic carbocycles. The third-order valence-electron chi connectivity index (χ3n) is 2.46. The molecule has 2 fully saturated rings. The summed E-state index contributed by atoms with van der Waals surface area (Å²) in [5.41, 5.74) is 0.591. The van der Waals surface area contributed by atoms with Crippen molar-refractivity contribution in [2.24, 2.45) is 0 Å². The summed E-state index contributed by atoms with van der Waals surface area (Å²) in [6, 6.07) is 0. The summed E-state index contributed by atoms with van der Waals surface area (Å²) < 4.78 is 5.47. The molecule has 2 rings (SSSR count). The molecular weight excluding hydrogens is 154 g/mol. The first-order valence-electron chi connectivity index (χ1n) is 4.39. The zero-order valence-corrected chi connectivity index (χ0v) is 7.08. The van der Waals surface area contributed by atoms with E-state index in [0.29, 0.717) is 12.2 Å². The molecule has 0 bridgehead atoms. The van der Waals surface area contributed by atoms with Crippen LogP contribution in [0.4, 0.5) is 0 Å². The van der Waals surface area contributed by atoms with E-state index < -0.39 is 0 Å². The number of rotatable bonds is 0. The number of ether oxygens (including phenoxy) is 1. The lowest BCUT2D eigenvalue weighted by Crippen LogP contribution is -2.50. The molecule has 3 heteroatoms. The number of carbonyl (C=O) groups is 1. The maximum atomic E-state index is 11.5. The summed E-state index contributed by atoms with van der Waals surface area (Å²) >= 11 is 0. The fraction of sp³-hybridized carbons (Fsp3) is 0.667. The second-order valence-corrected chi connectivity index (χ2v) is 3.36. The predicted molar refractivity (Wildman–Crippen MR) is 44.4 cm³/mol. The van der Waals surface area contributed by atoms with Crippen LogP contribution in [0.1, 0.15) is 19.3 Å². The topological polar surface area (TPSA) is 29.5 Å². The van der Waals surface area contributed by atoms with Gasteiger partial charge in [0.15, 0.2) is 0 Å². The minimum Gasteiger partial charge on any atom is -0.353 e. The fourth-order valence-corrected chi connectivity index (χ4v) is 1.77. The van der Waals surface area contributed by atoms with E-state index in [4.69, 9.17) is 4.74 Å². The maximum absolute atomic E-state index is 11.5. The largest absolute Gasteiger partial charge is 0.353 e. The van der Waals surface area contributed by atoms with Gasteiger partial charge in [-0.15, -0.1) is 0 Å². The number of nitrogens with zero attached hydrogens (tertiary/aromatic N) is 1. The van der Waals surface area contributed by atoms with Gasteiger partial charge in [0.25, 0.3) is 5.91 Å². The Morgan fingerprint density at radius 1 is 1.50 bits per heavy atom. The lowest BCUT2D eigenvalue weighted by molar-refractivity contribution is -0.155. The van der Waals surface area contributed by atoms with Crippen LogP contribution in [0.3, 0.4) is 0 Å². The van der Waals surface area contributed by atoms with Gasteiger partial charge in [-0.3, -0.25) is 4.79 Å². The summed E-state index contributed by atoms with van der Waals surface area (Å²) in [5.74, 6) is 0.0888. The minimum atomic E-state index is 0.0387. The van der Waals surface area contributed by atoms with Crippen molar-refractivity contribution in [3.8, 4) is 0 Å². The molecule has 0 aromatic carbocycles. The summed E-state index contributed by atoms with van der Waals surface area (Å²) in [4.78, 5) is 13.3. The number of fused-ring (bicyclic) bond motifs is 1. The summed E-state index contributed by atoms with van der Waals surface area (Å²) in [6.07, 6.45) is 3.29. The van der Waals surface area contributed by atoms with Crippen molar-refractivity contribution in [2.75, 3.05) is 13.2 Å². The third kappa shape index (κ3) is 1.14. The lowest BCUT2D eigenvalue weighted by Gasteiger charge is -2.39. The van der Waals surface area contributed by atoms with Crippen molar-refractivity contribution in [3.05, 3.63) is 12.2 Å². The molecule has 2 saturated heterocycles. The number of hydrogen-bond donors (Lipinski definition) is 0. The highest BCUT2D eigenvalue weighted by atomic mass is 16.5. The molecule has 2 aliphatic rings. The summed E-state index contributed by atoms with van der Waals surface area (Å²) in [7, 11) is 0. The first-order valence-corrected chi connectivity index (χ1v) is 4.39. The van der Waals surface area contributed by atoms with Gasteiger partial charge in [-0.2, -0.15) is 0 Å². The Balaban J connectivity index is 2.13. The van der Waals surface area contributed by atoms with Gasteiger partial charge in [-0.1, -0.05) is 6.58 Å². The van der Waals surface area contributed by atoms with Crippen LogP contribution in [-0.2, 0) is 9.53 Å². The van der Waals surface area contributed by atoms with Crippen LogP contribution in [0.15, 0.2) is 12.2 Å². The van der Waals surface area contributed by atoms with E-state index in [1.807, 2.05) is 0 Å². The molecule has 0 N–H and O–H groups in total. The number of amides is 1. The Bertz CT molecular complexity index is 225. The number of carbonyl (C=O) groups excluding carboxylic acids is 1. The van der Waals surface area contributed by atoms with Gasteiger partial charge in [0.1, 0.15) is 6.23 Å². The Morgan fingerprint density at radius 3 is 3.17 bits per heavy atom. The molecule has 1 amide bonds. The summed E-state index contributed by atoms with van der Waals surface area (Å²) in [6.45, 7) is 4.92.